The number of thioether (sulfide) groups is 1. The van der Waals surface area contributed by atoms with Gasteiger partial charge in [0, 0.05) is 16.7 Å². The minimum atomic E-state index is -0.309. The van der Waals surface area contributed by atoms with Crippen LogP contribution in [-0.2, 0) is 16.6 Å². The van der Waals surface area contributed by atoms with Crippen molar-refractivity contribution in [3.8, 4) is 5.75 Å². The molecule has 0 saturated heterocycles. The van der Waals surface area contributed by atoms with E-state index in [-0.39, 0.29) is 33.6 Å². The Hall–Kier alpha value is -1.20. The van der Waals surface area contributed by atoms with Crippen LogP contribution in [-0.4, -0.2) is 27.6 Å². The quantitative estimate of drug-likeness (QED) is 0.788. The van der Waals surface area contributed by atoms with Gasteiger partial charge in [-0.05, 0) is 36.6 Å². The molecule has 0 fully saturated rings. The topological polar surface area (TPSA) is 89.3 Å². The average molecular weight is 294 g/mol. The van der Waals surface area contributed by atoms with Crippen molar-refractivity contribution in [1.82, 2.24) is 0 Å². The van der Waals surface area contributed by atoms with Crippen LogP contribution >= 0.6 is 11.8 Å². The molecule has 20 heavy (non-hydrogen) atoms. The third-order valence-electron chi connectivity index (χ3n) is 4.22. The van der Waals surface area contributed by atoms with Gasteiger partial charge in [-0.15, -0.1) is 11.8 Å². The first kappa shape index (κ1) is 15.2. The summed E-state index contributed by atoms with van der Waals surface area (Å²) in [6.07, 6.45) is 0.794. The molecule has 0 radical (unpaired) electrons. The van der Waals surface area contributed by atoms with E-state index in [1.54, 1.807) is 23.9 Å². The highest BCUT2D eigenvalue weighted by atomic mass is 32.2. The Kier molecular flexibility index (Phi) is 4.02. The molecule has 5 N–H and O–H groups in total. The lowest BCUT2D eigenvalue weighted by molar-refractivity contribution is -0.117. The molecular formula is C15H22N2O2S. The summed E-state index contributed by atoms with van der Waals surface area (Å²) in [7, 11) is 0. The lowest BCUT2D eigenvalue weighted by Gasteiger charge is -2.43. The Morgan fingerprint density at radius 3 is 2.75 bits per heavy atom. The zero-order valence-corrected chi connectivity index (χ0v) is 12.9. The molecule has 0 aromatic heterocycles. The van der Waals surface area contributed by atoms with E-state index < -0.39 is 0 Å². The monoisotopic (exact) mass is 294 g/mol. The molecule has 1 amide bonds. The predicted molar refractivity (Wildman–Crippen MR) is 82.8 cm³/mol. The molecule has 0 saturated carbocycles. The molecule has 3 unspecified atom stereocenters. The largest absolute Gasteiger partial charge is 0.508 e. The fourth-order valence-electron chi connectivity index (χ4n) is 2.79. The number of benzene rings is 1. The van der Waals surface area contributed by atoms with Crippen LogP contribution in [0.2, 0.25) is 0 Å². The van der Waals surface area contributed by atoms with Crippen molar-refractivity contribution in [2.24, 2.45) is 11.5 Å². The second-order valence-corrected chi connectivity index (χ2v) is 7.60. The molecule has 4 nitrogen and oxygen atoms in total. The number of carbonyl (C=O) groups excluding carboxylic acids is 1. The normalized spacial score (nSPS) is 25.8. The van der Waals surface area contributed by atoms with Crippen molar-refractivity contribution >= 4 is 17.7 Å². The van der Waals surface area contributed by atoms with Gasteiger partial charge in [-0.25, -0.2) is 0 Å². The predicted octanol–water partition coefficient (Wildman–Crippen LogP) is 1.53. The molecule has 0 bridgehead atoms. The van der Waals surface area contributed by atoms with E-state index >= 15 is 0 Å². The number of primary amides is 1. The number of phenolic OH excluding ortho intramolecular Hbond substituents is 1. The standard InChI is InChI=1S/C15H22N2O2S/c1-8(14(17)19)20-12-6-9-4-5-10(18)7-11(9)15(2,3)13(12)16/h4-5,7-8,12-13,18H,6,16H2,1-3H3,(H2,17,19). The van der Waals surface area contributed by atoms with Gasteiger partial charge in [0.05, 0.1) is 5.25 Å². The minimum absolute atomic E-state index is 0.0939. The van der Waals surface area contributed by atoms with Gasteiger partial charge in [-0.1, -0.05) is 19.9 Å². The van der Waals surface area contributed by atoms with E-state index in [2.05, 4.69) is 13.8 Å². The molecule has 2 rings (SSSR count). The molecule has 0 heterocycles. The lowest BCUT2D eigenvalue weighted by atomic mass is 9.69. The van der Waals surface area contributed by atoms with Gasteiger partial charge >= 0.3 is 0 Å². The van der Waals surface area contributed by atoms with Crippen LogP contribution in [0.25, 0.3) is 0 Å². The Labute approximate surface area is 123 Å². The Balaban J connectivity index is 2.33. The van der Waals surface area contributed by atoms with E-state index in [0.29, 0.717) is 0 Å². The maximum Gasteiger partial charge on any atom is 0.230 e. The zero-order valence-electron chi connectivity index (χ0n) is 12.1. The van der Waals surface area contributed by atoms with E-state index in [9.17, 15) is 9.90 Å². The van der Waals surface area contributed by atoms with E-state index in [0.717, 1.165) is 12.0 Å². The summed E-state index contributed by atoms with van der Waals surface area (Å²) in [5.74, 6) is -0.0443. The van der Waals surface area contributed by atoms with Crippen LogP contribution in [0.5, 0.6) is 5.75 Å². The van der Waals surface area contributed by atoms with Crippen LogP contribution in [0.4, 0.5) is 0 Å². The van der Waals surface area contributed by atoms with Gasteiger partial charge in [-0.2, -0.15) is 0 Å². The number of phenols is 1. The Morgan fingerprint density at radius 1 is 1.50 bits per heavy atom. The summed E-state index contributed by atoms with van der Waals surface area (Å²) in [4.78, 5) is 11.3. The SMILES string of the molecule is CC(SC1Cc2ccc(O)cc2C(C)(C)C1N)C(N)=O. The Morgan fingerprint density at radius 2 is 2.15 bits per heavy atom. The lowest BCUT2D eigenvalue weighted by Crippen LogP contribution is -2.53. The number of nitrogens with two attached hydrogens (primary N) is 2. The maximum absolute atomic E-state index is 11.3. The second kappa shape index (κ2) is 5.30. The van der Waals surface area contributed by atoms with E-state index in [1.165, 1.54) is 5.56 Å². The van der Waals surface area contributed by atoms with Gasteiger partial charge < -0.3 is 16.6 Å². The molecule has 0 aliphatic heterocycles. The molecular weight excluding hydrogens is 272 g/mol. The summed E-state index contributed by atoms with van der Waals surface area (Å²) in [5, 5.41) is 9.58. The summed E-state index contributed by atoms with van der Waals surface area (Å²) in [6, 6.07) is 5.35. The highest BCUT2D eigenvalue weighted by Gasteiger charge is 2.41. The van der Waals surface area contributed by atoms with Gasteiger partial charge in [0.1, 0.15) is 5.75 Å². The van der Waals surface area contributed by atoms with E-state index in [1.807, 2.05) is 13.0 Å². The average Bonchev–Trinajstić information content (AvgIpc) is 2.37. The number of amides is 1. The summed E-state index contributed by atoms with van der Waals surface area (Å²) >= 11 is 1.54. The number of carbonyl (C=O) groups is 1. The van der Waals surface area contributed by atoms with Gasteiger partial charge in [0.25, 0.3) is 0 Å². The fraction of sp³-hybridized carbons (Fsp3) is 0.533. The second-order valence-electron chi connectivity index (χ2n) is 6.01. The number of aromatic hydroxyl groups is 1. The molecule has 1 aromatic carbocycles. The smallest absolute Gasteiger partial charge is 0.230 e. The van der Waals surface area contributed by atoms with E-state index in [4.69, 9.17) is 11.5 Å². The van der Waals surface area contributed by atoms with Gasteiger partial charge in [0.2, 0.25) is 5.91 Å². The van der Waals surface area contributed by atoms with Crippen molar-refractivity contribution in [2.75, 3.05) is 0 Å². The van der Waals surface area contributed by atoms with Gasteiger partial charge in [0.15, 0.2) is 0 Å². The third-order valence-corrected chi connectivity index (χ3v) is 5.67. The van der Waals surface area contributed by atoms with Crippen LogP contribution < -0.4 is 11.5 Å². The number of hydrogen-bond acceptors (Lipinski definition) is 4. The first-order chi connectivity index (χ1) is 9.23. The number of hydrogen-bond donors (Lipinski definition) is 3. The summed E-state index contributed by atoms with van der Waals surface area (Å²) < 4.78 is 0. The van der Waals surface area contributed by atoms with Crippen LogP contribution in [0.3, 0.4) is 0 Å². The maximum atomic E-state index is 11.3. The highest BCUT2D eigenvalue weighted by Crippen LogP contribution is 2.42. The van der Waals surface area contributed by atoms with Gasteiger partial charge in [-0.3, -0.25) is 4.79 Å². The third kappa shape index (κ3) is 2.65. The van der Waals surface area contributed by atoms with Crippen molar-refractivity contribution in [3.63, 3.8) is 0 Å². The van der Waals surface area contributed by atoms with Crippen molar-refractivity contribution < 1.29 is 9.90 Å². The van der Waals surface area contributed by atoms with Crippen molar-refractivity contribution in [1.29, 1.82) is 0 Å². The first-order valence-corrected chi connectivity index (χ1v) is 7.70. The molecule has 1 aliphatic rings. The van der Waals surface area contributed by atoms with Crippen molar-refractivity contribution in [3.05, 3.63) is 29.3 Å². The number of rotatable bonds is 3. The van der Waals surface area contributed by atoms with Crippen LogP contribution in [0, 0.1) is 0 Å². The van der Waals surface area contributed by atoms with Crippen LogP contribution in [0.15, 0.2) is 18.2 Å². The molecule has 1 aromatic rings. The fourth-order valence-corrected chi connectivity index (χ4v) is 4.24. The van der Waals surface area contributed by atoms with Crippen molar-refractivity contribution in [2.45, 2.75) is 49.1 Å². The molecule has 110 valence electrons. The molecule has 0 spiro atoms. The summed E-state index contributed by atoms with van der Waals surface area (Å²) in [5.41, 5.74) is 13.8. The van der Waals surface area contributed by atoms with Crippen LogP contribution in [0.1, 0.15) is 31.9 Å². The first-order valence-electron chi connectivity index (χ1n) is 6.76. The number of fused-ring (bicyclic) bond motifs is 1. The Bertz CT molecular complexity index is 531. The minimum Gasteiger partial charge on any atom is -0.508 e. The highest BCUT2D eigenvalue weighted by molar-refractivity contribution is 8.01. The molecule has 5 heteroatoms. The summed E-state index contributed by atoms with van der Waals surface area (Å²) in [6.45, 7) is 5.98. The molecule has 1 aliphatic carbocycles. The zero-order chi connectivity index (χ0) is 15.1. The molecule has 3 atom stereocenters.